The van der Waals surface area contributed by atoms with Crippen LogP contribution in [0.25, 0.3) is 0 Å². The fraction of sp³-hybridized carbons (Fsp3) is 0.667. The van der Waals surface area contributed by atoms with Crippen LogP contribution in [0.15, 0.2) is 18.2 Å². The number of benzene rings is 1. The molecule has 1 saturated heterocycles. The lowest BCUT2D eigenvalue weighted by Gasteiger charge is -2.27. The van der Waals surface area contributed by atoms with E-state index in [1.54, 1.807) is 0 Å². The summed E-state index contributed by atoms with van der Waals surface area (Å²) in [6.07, 6.45) is 4.31. The Labute approximate surface area is 122 Å². The second kappa shape index (κ2) is 5.16. The lowest BCUT2D eigenvalue weighted by molar-refractivity contribution is 0.107. The molecule has 0 radical (unpaired) electrons. The van der Waals surface area contributed by atoms with Crippen molar-refractivity contribution in [1.29, 1.82) is 0 Å². The van der Waals surface area contributed by atoms with Crippen LogP contribution in [0, 0.1) is 0 Å². The van der Waals surface area contributed by atoms with Crippen molar-refractivity contribution in [2.45, 2.75) is 69.9 Å². The quantitative estimate of drug-likeness (QED) is 0.867. The minimum Gasteiger partial charge on any atom is -0.391 e. The Morgan fingerprint density at radius 1 is 1.25 bits per heavy atom. The highest BCUT2D eigenvalue weighted by atomic mass is 16.3. The molecule has 1 aliphatic carbocycles. The fourth-order valence-corrected chi connectivity index (χ4v) is 3.74. The van der Waals surface area contributed by atoms with Gasteiger partial charge in [0, 0.05) is 12.0 Å². The Bertz CT molecular complexity index is 483. The third-order valence-corrected chi connectivity index (χ3v) is 5.06. The third-order valence-electron chi connectivity index (χ3n) is 5.06. The summed E-state index contributed by atoms with van der Waals surface area (Å²) in [6.45, 7) is 7.83. The number of aliphatic hydroxyl groups is 1. The number of aliphatic hydroxyl groups excluding tert-OH is 1. The number of hydrogen-bond donors (Lipinski definition) is 2. The van der Waals surface area contributed by atoms with Crippen LogP contribution in [0.1, 0.15) is 62.6 Å². The van der Waals surface area contributed by atoms with Gasteiger partial charge in [0.15, 0.2) is 0 Å². The first-order valence-electron chi connectivity index (χ1n) is 8.01. The van der Waals surface area contributed by atoms with E-state index in [2.05, 4.69) is 44.3 Å². The zero-order valence-corrected chi connectivity index (χ0v) is 12.9. The van der Waals surface area contributed by atoms with Crippen molar-refractivity contribution in [1.82, 2.24) is 5.32 Å². The molecule has 0 saturated carbocycles. The van der Waals surface area contributed by atoms with Gasteiger partial charge in [-0.25, -0.2) is 0 Å². The molecule has 3 atom stereocenters. The molecule has 1 aromatic carbocycles. The van der Waals surface area contributed by atoms with E-state index in [4.69, 9.17) is 0 Å². The zero-order chi connectivity index (χ0) is 14.3. The molecular formula is C18H27NO. The molecule has 1 fully saturated rings. The SMILES string of the molecule is CC(C)(C)c1ccc2c(c1)C(C(O)[C@@H]1CCCN1)CC2. The Hall–Kier alpha value is -0.860. The zero-order valence-electron chi connectivity index (χ0n) is 12.9. The maximum absolute atomic E-state index is 10.7. The number of nitrogens with one attached hydrogen (secondary N) is 1. The van der Waals surface area contributed by atoms with E-state index in [9.17, 15) is 5.11 Å². The number of fused-ring (bicyclic) bond motifs is 1. The largest absolute Gasteiger partial charge is 0.391 e. The summed E-state index contributed by atoms with van der Waals surface area (Å²) >= 11 is 0. The molecular weight excluding hydrogens is 246 g/mol. The van der Waals surface area contributed by atoms with Gasteiger partial charge in [-0.15, -0.1) is 0 Å². The number of aryl methyl sites for hydroxylation is 1. The van der Waals surface area contributed by atoms with Crippen LogP contribution < -0.4 is 5.32 Å². The van der Waals surface area contributed by atoms with E-state index in [0.717, 1.165) is 25.8 Å². The highest BCUT2D eigenvalue weighted by molar-refractivity contribution is 5.41. The Morgan fingerprint density at radius 3 is 2.70 bits per heavy atom. The highest BCUT2D eigenvalue weighted by Gasteiger charge is 2.35. The first-order chi connectivity index (χ1) is 9.47. The van der Waals surface area contributed by atoms with Gasteiger partial charge in [0.05, 0.1) is 6.10 Å². The normalized spacial score (nSPS) is 27.6. The van der Waals surface area contributed by atoms with Crippen LogP contribution in [0.3, 0.4) is 0 Å². The minimum atomic E-state index is -0.228. The van der Waals surface area contributed by atoms with Crippen LogP contribution in [-0.2, 0) is 11.8 Å². The molecule has 0 spiro atoms. The molecule has 2 N–H and O–H groups in total. The summed E-state index contributed by atoms with van der Waals surface area (Å²) in [5.74, 6) is 0.322. The Kier molecular flexibility index (Phi) is 3.64. The summed E-state index contributed by atoms with van der Waals surface area (Å²) in [6, 6.07) is 7.20. The smallest absolute Gasteiger partial charge is 0.0761 e. The molecule has 0 bridgehead atoms. The average Bonchev–Trinajstić information content (AvgIpc) is 3.06. The molecule has 110 valence electrons. The molecule has 2 unspecified atom stereocenters. The standard InChI is InChI=1S/C18H27NO/c1-18(2,3)13-8-6-12-7-9-14(15(12)11-13)17(20)16-5-4-10-19-16/h6,8,11,14,16-17,19-20H,4-5,7,9-10H2,1-3H3/t14?,16-,17?/m0/s1. The van der Waals surface area contributed by atoms with Gasteiger partial charge in [0.2, 0.25) is 0 Å². The molecule has 2 aliphatic rings. The number of rotatable bonds is 2. The predicted molar refractivity (Wildman–Crippen MR) is 83.2 cm³/mol. The first kappa shape index (κ1) is 14.1. The Balaban J connectivity index is 1.88. The molecule has 0 amide bonds. The van der Waals surface area contributed by atoms with Crippen LogP contribution >= 0.6 is 0 Å². The third kappa shape index (κ3) is 2.51. The molecule has 1 aliphatic heterocycles. The molecule has 2 nitrogen and oxygen atoms in total. The first-order valence-corrected chi connectivity index (χ1v) is 8.01. The average molecular weight is 273 g/mol. The van der Waals surface area contributed by atoms with Crippen LogP contribution in [0.2, 0.25) is 0 Å². The molecule has 2 heteroatoms. The fourth-order valence-electron chi connectivity index (χ4n) is 3.74. The van der Waals surface area contributed by atoms with Crippen molar-refractivity contribution in [3.05, 3.63) is 34.9 Å². The van der Waals surface area contributed by atoms with Crippen molar-refractivity contribution in [3.8, 4) is 0 Å². The van der Waals surface area contributed by atoms with E-state index >= 15 is 0 Å². The van der Waals surface area contributed by atoms with E-state index in [-0.39, 0.29) is 11.5 Å². The molecule has 3 rings (SSSR count). The van der Waals surface area contributed by atoms with Crippen LogP contribution in [0.4, 0.5) is 0 Å². The monoisotopic (exact) mass is 273 g/mol. The van der Waals surface area contributed by atoms with Crippen molar-refractivity contribution in [3.63, 3.8) is 0 Å². The van der Waals surface area contributed by atoms with Crippen molar-refractivity contribution >= 4 is 0 Å². The summed E-state index contributed by atoms with van der Waals surface area (Å²) in [4.78, 5) is 0. The lowest BCUT2D eigenvalue weighted by Crippen LogP contribution is -2.38. The lowest BCUT2D eigenvalue weighted by atomic mass is 9.83. The van der Waals surface area contributed by atoms with Crippen molar-refractivity contribution in [2.75, 3.05) is 6.54 Å². The molecule has 0 aromatic heterocycles. The van der Waals surface area contributed by atoms with Gasteiger partial charge < -0.3 is 10.4 Å². The molecule has 1 aromatic rings. The van der Waals surface area contributed by atoms with Crippen molar-refractivity contribution in [2.24, 2.45) is 0 Å². The van der Waals surface area contributed by atoms with Gasteiger partial charge in [-0.3, -0.25) is 0 Å². The summed E-state index contributed by atoms with van der Waals surface area (Å²) in [5, 5.41) is 14.2. The highest BCUT2D eigenvalue weighted by Crippen LogP contribution is 2.39. The van der Waals surface area contributed by atoms with Gasteiger partial charge in [-0.2, -0.15) is 0 Å². The van der Waals surface area contributed by atoms with Gasteiger partial charge in [0.25, 0.3) is 0 Å². The van der Waals surface area contributed by atoms with E-state index in [0.29, 0.717) is 12.0 Å². The maximum Gasteiger partial charge on any atom is 0.0761 e. The predicted octanol–water partition coefficient (Wildman–Crippen LogP) is 3.13. The maximum atomic E-state index is 10.7. The van der Waals surface area contributed by atoms with Gasteiger partial charge in [-0.1, -0.05) is 39.0 Å². The second-order valence-electron chi connectivity index (χ2n) is 7.50. The van der Waals surface area contributed by atoms with E-state index in [1.165, 1.54) is 23.1 Å². The van der Waals surface area contributed by atoms with Gasteiger partial charge in [0.1, 0.15) is 0 Å². The van der Waals surface area contributed by atoms with Crippen molar-refractivity contribution < 1.29 is 5.11 Å². The van der Waals surface area contributed by atoms with Crippen LogP contribution in [-0.4, -0.2) is 23.8 Å². The van der Waals surface area contributed by atoms with E-state index < -0.39 is 0 Å². The molecule has 20 heavy (non-hydrogen) atoms. The summed E-state index contributed by atoms with van der Waals surface area (Å²) in [7, 11) is 0. The summed E-state index contributed by atoms with van der Waals surface area (Å²) in [5.41, 5.74) is 4.41. The second-order valence-corrected chi connectivity index (χ2v) is 7.50. The van der Waals surface area contributed by atoms with Gasteiger partial charge in [-0.05, 0) is 54.3 Å². The van der Waals surface area contributed by atoms with E-state index in [1.807, 2.05) is 0 Å². The minimum absolute atomic E-state index is 0.179. The summed E-state index contributed by atoms with van der Waals surface area (Å²) < 4.78 is 0. The number of hydrogen-bond acceptors (Lipinski definition) is 2. The van der Waals surface area contributed by atoms with Gasteiger partial charge >= 0.3 is 0 Å². The topological polar surface area (TPSA) is 32.3 Å². The van der Waals surface area contributed by atoms with Crippen LogP contribution in [0.5, 0.6) is 0 Å². The Morgan fingerprint density at radius 2 is 2.05 bits per heavy atom. The molecule has 1 heterocycles.